The molecule has 1 fully saturated rings. The zero-order chi connectivity index (χ0) is 17.1. The first kappa shape index (κ1) is 17.3. The van der Waals surface area contributed by atoms with Crippen molar-refractivity contribution in [1.82, 2.24) is 9.80 Å². The Morgan fingerprint density at radius 2 is 2.09 bits per heavy atom. The number of ether oxygens (including phenoxy) is 1. The molecule has 0 aromatic heterocycles. The Morgan fingerprint density at radius 3 is 2.74 bits per heavy atom. The summed E-state index contributed by atoms with van der Waals surface area (Å²) < 4.78 is 5.09. The van der Waals surface area contributed by atoms with E-state index in [-0.39, 0.29) is 24.4 Å². The molecule has 1 heterocycles. The summed E-state index contributed by atoms with van der Waals surface area (Å²) in [5.74, 6) is 0.189. The Morgan fingerprint density at radius 1 is 1.39 bits per heavy atom. The Balaban J connectivity index is 2.02. The summed E-state index contributed by atoms with van der Waals surface area (Å²) in [4.78, 5) is 27.5. The molecule has 126 valence electrons. The van der Waals surface area contributed by atoms with Gasteiger partial charge in [-0.1, -0.05) is 32.0 Å². The number of likely N-dealkylation sites (N-methyl/N-ethyl adjacent to an activating group) is 1. The summed E-state index contributed by atoms with van der Waals surface area (Å²) in [5.41, 5.74) is 3.55. The van der Waals surface area contributed by atoms with Crippen molar-refractivity contribution < 1.29 is 14.3 Å². The van der Waals surface area contributed by atoms with E-state index in [4.69, 9.17) is 4.74 Å². The van der Waals surface area contributed by atoms with Crippen molar-refractivity contribution in [3.63, 3.8) is 0 Å². The van der Waals surface area contributed by atoms with Gasteiger partial charge in [-0.2, -0.15) is 0 Å². The maximum absolute atomic E-state index is 12.5. The number of amides is 2. The summed E-state index contributed by atoms with van der Waals surface area (Å²) in [6, 6.07) is 6.07. The van der Waals surface area contributed by atoms with Crippen molar-refractivity contribution in [3.05, 3.63) is 34.9 Å². The Hall–Kier alpha value is -2.04. The van der Waals surface area contributed by atoms with Gasteiger partial charge in [0, 0.05) is 13.6 Å². The Bertz CT molecular complexity index is 598. The first-order valence-corrected chi connectivity index (χ1v) is 8.03. The summed E-state index contributed by atoms with van der Waals surface area (Å²) in [7, 11) is 1.77. The van der Waals surface area contributed by atoms with E-state index in [9.17, 15) is 9.59 Å². The van der Waals surface area contributed by atoms with Gasteiger partial charge in [0.2, 0.25) is 5.91 Å². The molecule has 1 unspecified atom stereocenters. The quantitative estimate of drug-likeness (QED) is 0.839. The van der Waals surface area contributed by atoms with Gasteiger partial charge in [0.15, 0.2) is 0 Å². The zero-order valence-electron chi connectivity index (χ0n) is 14.6. The zero-order valence-corrected chi connectivity index (χ0v) is 14.6. The number of rotatable bonds is 5. The lowest BCUT2D eigenvalue weighted by Gasteiger charge is -2.26. The molecule has 1 atom stereocenters. The third-order valence-electron chi connectivity index (χ3n) is 4.64. The summed E-state index contributed by atoms with van der Waals surface area (Å²) >= 11 is 0. The highest BCUT2D eigenvalue weighted by Crippen LogP contribution is 2.20. The van der Waals surface area contributed by atoms with Crippen LogP contribution in [0.25, 0.3) is 0 Å². The molecule has 0 spiro atoms. The number of cyclic esters (lactones) is 1. The lowest BCUT2D eigenvalue weighted by molar-refractivity contribution is -0.131. The van der Waals surface area contributed by atoms with Gasteiger partial charge in [-0.05, 0) is 36.5 Å². The standard InChI is InChI=1S/C18H26N2O3/c1-12(2)16-11-23-18(22)20(16)10-17(21)19(5)9-15-8-6-7-13(3)14(15)4/h6-8,12,16H,9-11H2,1-5H3. The van der Waals surface area contributed by atoms with Crippen LogP contribution in [0.1, 0.15) is 30.5 Å². The number of benzene rings is 1. The van der Waals surface area contributed by atoms with Crippen LogP contribution in [-0.2, 0) is 16.1 Å². The predicted octanol–water partition coefficient (Wildman–Crippen LogP) is 2.74. The van der Waals surface area contributed by atoms with E-state index in [0.717, 1.165) is 5.56 Å². The average Bonchev–Trinajstić information content (AvgIpc) is 2.85. The molecule has 2 amide bonds. The number of carbonyl (C=O) groups is 2. The molecule has 1 aromatic carbocycles. The van der Waals surface area contributed by atoms with E-state index in [1.807, 2.05) is 26.0 Å². The molecule has 0 radical (unpaired) electrons. The molecular formula is C18H26N2O3. The lowest BCUT2D eigenvalue weighted by Crippen LogP contribution is -2.44. The Labute approximate surface area is 138 Å². The minimum Gasteiger partial charge on any atom is -0.447 e. The number of carbonyl (C=O) groups excluding carboxylic acids is 2. The molecule has 5 nitrogen and oxygen atoms in total. The highest BCUT2D eigenvalue weighted by Gasteiger charge is 2.36. The number of hydrogen-bond acceptors (Lipinski definition) is 3. The molecule has 0 saturated carbocycles. The van der Waals surface area contributed by atoms with Crippen LogP contribution in [0.4, 0.5) is 4.79 Å². The fraction of sp³-hybridized carbons (Fsp3) is 0.556. The first-order valence-electron chi connectivity index (χ1n) is 8.03. The third-order valence-corrected chi connectivity index (χ3v) is 4.64. The highest BCUT2D eigenvalue weighted by molar-refractivity contribution is 5.83. The molecule has 1 aliphatic rings. The monoisotopic (exact) mass is 318 g/mol. The normalized spacial score (nSPS) is 17.6. The first-order chi connectivity index (χ1) is 10.8. The van der Waals surface area contributed by atoms with Gasteiger partial charge in [-0.3, -0.25) is 9.69 Å². The van der Waals surface area contributed by atoms with E-state index in [0.29, 0.717) is 13.2 Å². The van der Waals surface area contributed by atoms with Crippen molar-refractivity contribution in [2.24, 2.45) is 5.92 Å². The van der Waals surface area contributed by atoms with Crippen molar-refractivity contribution in [1.29, 1.82) is 0 Å². The molecule has 23 heavy (non-hydrogen) atoms. The van der Waals surface area contributed by atoms with Crippen molar-refractivity contribution in [2.75, 3.05) is 20.2 Å². The van der Waals surface area contributed by atoms with E-state index in [2.05, 4.69) is 19.9 Å². The topological polar surface area (TPSA) is 49.9 Å². The SMILES string of the molecule is Cc1cccc(CN(C)C(=O)CN2C(=O)OCC2C(C)C)c1C. The lowest BCUT2D eigenvalue weighted by atomic mass is 10.0. The summed E-state index contributed by atoms with van der Waals surface area (Å²) in [5, 5.41) is 0. The van der Waals surface area contributed by atoms with Crippen molar-refractivity contribution in [3.8, 4) is 0 Å². The van der Waals surface area contributed by atoms with Gasteiger partial charge in [0.05, 0.1) is 6.04 Å². The van der Waals surface area contributed by atoms with E-state index in [1.165, 1.54) is 11.1 Å². The minimum absolute atomic E-state index is 0.0273. The van der Waals surface area contributed by atoms with E-state index < -0.39 is 6.09 Å². The van der Waals surface area contributed by atoms with Crippen molar-refractivity contribution >= 4 is 12.0 Å². The summed E-state index contributed by atoms with van der Waals surface area (Å²) in [6.45, 7) is 9.17. The van der Waals surface area contributed by atoms with E-state index in [1.54, 1.807) is 16.8 Å². The van der Waals surface area contributed by atoms with E-state index >= 15 is 0 Å². The van der Waals surface area contributed by atoms with Crippen LogP contribution in [0.3, 0.4) is 0 Å². The van der Waals surface area contributed by atoms with Crippen LogP contribution in [-0.4, -0.2) is 48.0 Å². The maximum atomic E-state index is 12.5. The fourth-order valence-corrected chi connectivity index (χ4v) is 2.79. The predicted molar refractivity (Wildman–Crippen MR) is 89.1 cm³/mol. The molecule has 5 heteroatoms. The van der Waals surface area contributed by atoms with Crippen LogP contribution in [0.2, 0.25) is 0 Å². The van der Waals surface area contributed by atoms with Gasteiger partial charge in [0.25, 0.3) is 0 Å². The molecule has 1 aromatic rings. The van der Waals surface area contributed by atoms with Crippen LogP contribution in [0.15, 0.2) is 18.2 Å². The second-order valence-corrected chi connectivity index (χ2v) is 6.63. The Kier molecular flexibility index (Phi) is 5.29. The number of aryl methyl sites for hydroxylation is 1. The summed E-state index contributed by atoms with van der Waals surface area (Å²) in [6.07, 6.45) is -0.391. The van der Waals surface area contributed by atoms with Crippen LogP contribution < -0.4 is 0 Å². The van der Waals surface area contributed by atoms with Gasteiger partial charge in [-0.25, -0.2) is 4.79 Å². The molecule has 0 aliphatic carbocycles. The molecule has 0 bridgehead atoms. The van der Waals surface area contributed by atoms with Crippen LogP contribution in [0, 0.1) is 19.8 Å². The maximum Gasteiger partial charge on any atom is 0.410 e. The molecule has 1 saturated heterocycles. The highest BCUT2D eigenvalue weighted by atomic mass is 16.6. The van der Waals surface area contributed by atoms with Gasteiger partial charge < -0.3 is 9.64 Å². The average molecular weight is 318 g/mol. The van der Waals surface area contributed by atoms with Crippen molar-refractivity contribution in [2.45, 2.75) is 40.3 Å². The van der Waals surface area contributed by atoms with Crippen LogP contribution in [0.5, 0.6) is 0 Å². The molecule has 2 rings (SSSR count). The molecular weight excluding hydrogens is 292 g/mol. The largest absolute Gasteiger partial charge is 0.447 e. The fourth-order valence-electron chi connectivity index (χ4n) is 2.79. The van der Waals surface area contributed by atoms with Gasteiger partial charge in [0.1, 0.15) is 13.2 Å². The third kappa shape index (κ3) is 3.84. The van der Waals surface area contributed by atoms with Crippen LogP contribution >= 0.6 is 0 Å². The molecule has 0 N–H and O–H groups in total. The smallest absolute Gasteiger partial charge is 0.410 e. The second-order valence-electron chi connectivity index (χ2n) is 6.63. The molecule has 1 aliphatic heterocycles. The number of hydrogen-bond donors (Lipinski definition) is 0. The van der Waals surface area contributed by atoms with Gasteiger partial charge >= 0.3 is 6.09 Å². The number of nitrogens with zero attached hydrogens (tertiary/aromatic N) is 2. The second kappa shape index (κ2) is 7.02. The van der Waals surface area contributed by atoms with Gasteiger partial charge in [-0.15, -0.1) is 0 Å². The minimum atomic E-state index is -0.391.